The van der Waals surface area contributed by atoms with E-state index in [2.05, 4.69) is 36.8 Å². The number of halogens is 2. The Morgan fingerprint density at radius 1 is 1.35 bits per heavy atom. The summed E-state index contributed by atoms with van der Waals surface area (Å²) in [5.41, 5.74) is 1.20. The van der Waals surface area contributed by atoms with Gasteiger partial charge in [0.1, 0.15) is 4.60 Å². The SMILES string of the molecule is COC(=O)c1ccccc1-n1cc(Br)nc1Br. The molecule has 0 amide bonds. The van der Waals surface area contributed by atoms with Gasteiger partial charge in [-0.15, -0.1) is 0 Å². The maximum Gasteiger partial charge on any atom is 0.339 e. The van der Waals surface area contributed by atoms with Crippen LogP contribution in [0.1, 0.15) is 10.4 Å². The van der Waals surface area contributed by atoms with Crippen molar-refractivity contribution in [2.75, 3.05) is 7.11 Å². The van der Waals surface area contributed by atoms with Crippen LogP contribution in [0.15, 0.2) is 39.8 Å². The lowest BCUT2D eigenvalue weighted by Gasteiger charge is -2.08. The smallest absolute Gasteiger partial charge is 0.339 e. The minimum Gasteiger partial charge on any atom is -0.465 e. The van der Waals surface area contributed by atoms with Crippen LogP contribution in [0.2, 0.25) is 0 Å². The molecule has 0 N–H and O–H groups in total. The number of hydrogen-bond donors (Lipinski definition) is 0. The standard InChI is InChI=1S/C11H8Br2N2O2/c1-17-10(16)7-4-2-3-5-8(7)15-6-9(12)14-11(15)13/h2-6H,1H3. The van der Waals surface area contributed by atoms with Crippen molar-refractivity contribution in [1.82, 2.24) is 9.55 Å². The van der Waals surface area contributed by atoms with Crippen LogP contribution in [0.4, 0.5) is 0 Å². The van der Waals surface area contributed by atoms with Gasteiger partial charge in [-0.3, -0.25) is 4.57 Å². The van der Waals surface area contributed by atoms with Crippen LogP contribution >= 0.6 is 31.9 Å². The van der Waals surface area contributed by atoms with E-state index in [9.17, 15) is 4.79 Å². The van der Waals surface area contributed by atoms with Crippen LogP contribution in [-0.2, 0) is 4.74 Å². The van der Waals surface area contributed by atoms with Crippen LogP contribution in [0.5, 0.6) is 0 Å². The zero-order valence-electron chi connectivity index (χ0n) is 8.85. The number of para-hydroxylation sites is 1. The highest BCUT2D eigenvalue weighted by atomic mass is 79.9. The Kier molecular flexibility index (Phi) is 3.63. The fraction of sp³-hybridized carbons (Fsp3) is 0.0909. The van der Waals surface area contributed by atoms with Crippen molar-refractivity contribution < 1.29 is 9.53 Å². The molecule has 0 bridgehead atoms. The molecule has 0 spiro atoms. The van der Waals surface area contributed by atoms with E-state index in [1.165, 1.54) is 7.11 Å². The average Bonchev–Trinajstić information content (AvgIpc) is 2.67. The normalized spacial score (nSPS) is 10.3. The molecule has 6 heteroatoms. The van der Waals surface area contributed by atoms with Gasteiger partial charge in [0.05, 0.1) is 18.4 Å². The van der Waals surface area contributed by atoms with Crippen LogP contribution in [-0.4, -0.2) is 22.6 Å². The van der Waals surface area contributed by atoms with E-state index >= 15 is 0 Å². The molecule has 0 aliphatic heterocycles. The van der Waals surface area contributed by atoms with E-state index in [0.29, 0.717) is 20.6 Å². The Balaban J connectivity index is 2.59. The molecule has 4 nitrogen and oxygen atoms in total. The third-order valence-electron chi connectivity index (χ3n) is 2.20. The number of imidazole rings is 1. The largest absolute Gasteiger partial charge is 0.465 e. The summed E-state index contributed by atoms with van der Waals surface area (Å²) in [6, 6.07) is 7.17. The van der Waals surface area contributed by atoms with Gasteiger partial charge >= 0.3 is 5.97 Å². The van der Waals surface area contributed by atoms with Gasteiger partial charge < -0.3 is 4.74 Å². The highest BCUT2D eigenvalue weighted by molar-refractivity contribution is 9.11. The monoisotopic (exact) mass is 358 g/mol. The number of aromatic nitrogens is 2. The molecule has 2 aromatic rings. The molecule has 0 saturated carbocycles. The van der Waals surface area contributed by atoms with Crippen molar-refractivity contribution in [3.8, 4) is 5.69 Å². The van der Waals surface area contributed by atoms with Gasteiger partial charge in [0.2, 0.25) is 0 Å². The number of methoxy groups -OCH3 is 1. The van der Waals surface area contributed by atoms with Gasteiger partial charge in [0, 0.05) is 6.20 Å². The molecule has 1 aromatic carbocycles. The number of ether oxygens (including phenoxy) is 1. The highest BCUT2D eigenvalue weighted by Gasteiger charge is 2.14. The summed E-state index contributed by atoms with van der Waals surface area (Å²) in [6.07, 6.45) is 1.77. The molecule has 1 heterocycles. The molecular weight excluding hydrogens is 352 g/mol. The molecule has 0 radical (unpaired) electrons. The Morgan fingerprint density at radius 2 is 2.06 bits per heavy atom. The lowest BCUT2D eigenvalue weighted by atomic mass is 10.2. The van der Waals surface area contributed by atoms with Crippen molar-refractivity contribution in [2.24, 2.45) is 0 Å². The zero-order valence-corrected chi connectivity index (χ0v) is 12.0. The van der Waals surface area contributed by atoms with Gasteiger partial charge in [-0.05, 0) is 44.0 Å². The molecule has 0 aliphatic rings. The first-order chi connectivity index (χ1) is 8.13. The molecule has 0 aliphatic carbocycles. The maximum absolute atomic E-state index is 11.6. The minimum absolute atomic E-state index is 0.377. The maximum atomic E-state index is 11.6. The second kappa shape index (κ2) is 5.01. The summed E-state index contributed by atoms with van der Waals surface area (Å²) in [5.74, 6) is -0.377. The number of carbonyl (C=O) groups is 1. The Hall–Kier alpha value is -1.14. The average molecular weight is 360 g/mol. The van der Waals surface area contributed by atoms with Crippen molar-refractivity contribution in [2.45, 2.75) is 0 Å². The molecule has 0 saturated heterocycles. The van der Waals surface area contributed by atoms with Crippen molar-refractivity contribution in [3.05, 3.63) is 45.4 Å². The predicted octanol–water partition coefficient (Wildman–Crippen LogP) is 3.18. The fourth-order valence-corrected chi connectivity index (χ4v) is 2.56. The first-order valence-corrected chi connectivity index (χ1v) is 6.30. The molecule has 88 valence electrons. The van der Waals surface area contributed by atoms with Crippen LogP contribution in [0.25, 0.3) is 5.69 Å². The Labute approximate surface area is 115 Å². The van der Waals surface area contributed by atoms with Crippen LogP contribution in [0.3, 0.4) is 0 Å². The summed E-state index contributed by atoms with van der Waals surface area (Å²) in [4.78, 5) is 15.8. The molecule has 17 heavy (non-hydrogen) atoms. The van der Waals surface area contributed by atoms with Gasteiger partial charge in [0.15, 0.2) is 4.73 Å². The summed E-state index contributed by atoms with van der Waals surface area (Å²) >= 11 is 6.61. The highest BCUT2D eigenvalue weighted by Crippen LogP contribution is 2.23. The summed E-state index contributed by atoms with van der Waals surface area (Å²) in [7, 11) is 1.36. The number of carbonyl (C=O) groups excluding carboxylic acids is 1. The fourth-order valence-electron chi connectivity index (χ4n) is 1.47. The summed E-state index contributed by atoms with van der Waals surface area (Å²) in [5, 5.41) is 0. The van der Waals surface area contributed by atoms with E-state index < -0.39 is 0 Å². The van der Waals surface area contributed by atoms with E-state index in [4.69, 9.17) is 4.74 Å². The number of esters is 1. The molecule has 0 atom stereocenters. The minimum atomic E-state index is -0.377. The first-order valence-electron chi connectivity index (χ1n) is 4.71. The van der Waals surface area contributed by atoms with Crippen LogP contribution in [0, 0.1) is 0 Å². The Morgan fingerprint density at radius 3 is 2.65 bits per heavy atom. The van der Waals surface area contributed by atoms with Crippen molar-refractivity contribution >= 4 is 37.8 Å². The van der Waals surface area contributed by atoms with Gasteiger partial charge in [0.25, 0.3) is 0 Å². The first kappa shape index (κ1) is 12.3. The third-order valence-corrected chi connectivity index (χ3v) is 3.14. The van der Waals surface area contributed by atoms with E-state index in [-0.39, 0.29) is 5.97 Å². The summed E-state index contributed by atoms with van der Waals surface area (Å²) in [6.45, 7) is 0. The van der Waals surface area contributed by atoms with Gasteiger partial charge in [-0.25, -0.2) is 9.78 Å². The Bertz CT molecular complexity index is 566. The lowest BCUT2D eigenvalue weighted by molar-refractivity contribution is 0.0601. The third kappa shape index (κ3) is 2.42. The predicted molar refractivity (Wildman–Crippen MR) is 70.3 cm³/mol. The second-order valence-corrected chi connectivity index (χ2v) is 4.73. The number of hydrogen-bond acceptors (Lipinski definition) is 3. The van der Waals surface area contributed by atoms with Crippen LogP contribution < -0.4 is 0 Å². The lowest BCUT2D eigenvalue weighted by Crippen LogP contribution is -2.07. The molecule has 1 aromatic heterocycles. The van der Waals surface area contributed by atoms with Crippen molar-refractivity contribution in [1.29, 1.82) is 0 Å². The topological polar surface area (TPSA) is 44.1 Å². The van der Waals surface area contributed by atoms with E-state index in [0.717, 1.165) is 0 Å². The second-order valence-electron chi connectivity index (χ2n) is 3.21. The van der Waals surface area contributed by atoms with E-state index in [1.54, 1.807) is 22.9 Å². The quantitative estimate of drug-likeness (QED) is 0.773. The number of rotatable bonds is 2. The van der Waals surface area contributed by atoms with E-state index in [1.807, 2.05) is 12.1 Å². The number of nitrogens with zero attached hydrogens (tertiary/aromatic N) is 2. The van der Waals surface area contributed by atoms with Crippen molar-refractivity contribution in [3.63, 3.8) is 0 Å². The molecular formula is C11H8Br2N2O2. The molecule has 0 fully saturated rings. The molecule has 2 rings (SSSR count). The van der Waals surface area contributed by atoms with Gasteiger partial charge in [-0.2, -0.15) is 0 Å². The van der Waals surface area contributed by atoms with Gasteiger partial charge in [-0.1, -0.05) is 12.1 Å². The number of benzene rings is 1. The zero-order chi connectivity index (χ0) is 12.4. The summed E-state index contributed by atoms with van der Waals surface area (Å²) < 4.78 is 7.80. The molecule has 0 unspecified atom stereocenters.